The molecule has 2 aromatic heterocycles. The molecule has 0 radical (unpaired) electrons. The van der Waals surface area contributed by atoms with Crippen molar-refractivity contribution in [3.05, 3.63) is 42.0 Å². The molecule has 1 aromatic carbocycles. The molecule has 29 heavy (non-hydrogen) atoms. The minimum Gasteiger partial charge on any atom is -0.362 e. The molecule has 1 aliphatic rings. The van der Waals surface area contributed by atoms with Gasteiger partial charge in [0.05, 0.1) is 17.5 Å². The van der Waals surface area contributed by atoms with Gasteiger partial charge >= 0.3 is 0 Å². The molecule has 0 unspecified atom stereocenters. The molecule has 0 amide bonds. The Morgan fingerprint density at radius 2 is 1.90 bits per heavy atom. The quantitative estimate of drug-likeness (QED) is 0.570. The zero-order valence-electron chi connectivity index (χ0n) is 17.6. The van der Waals surface area contributed by atoms with Crippen LogP contribution >= 0.6 is 0 Å². The summed E-state index contributed by atoms with van der Waals surface area (Å²) in [5, 5.41) is 8.25. The normalized spacial score (nSPS) is 19.4. The lowest BCUT2D eigenvalue weighted by molar-refractivity contribution is 0.323. The summed E-state index contributed by atoms with van der Waals surface area (Å²) >= 11 is 0. The molecule has 2 heterocycles. The van der Waals surface area contributed by atoms with Crippen molar-refractivity contribution in [1.82, 2.24) is 25.3 Å². The van der Waals surface area contributed by atoms with Gasteiger partial charge in [-0.15, -0.1) is 0 Å². The van der Waals surface area contributed by atoms with Crippen molar-refractivity contribution < 1.29 is 0 Å². The molecule has 154 valence electrons. The molecule has 1 fully saturated rings. The first kappa shape index (κ1) is 19.6. The summed E-state index contributed by atoms with van der Waals surface area (Å²) in [5.41, 5.74) is 3.25. The summed E-state index contributed by atoms with van der Waals surface area (Å²) in [6.07, 6.45) is 6.51. The summed E-state index contributed by atoms with van der Waals surface area (Å²) in [5.74, 6) is 2.43. The lowest BCUT2D eigenvalue weighted by Crippen LogP contribution is -2.31. The minimum atomic E-state index is 0.441. The molecule has 0 aliphatic heterocycles. The van der Waals surface area contributed by atoms with Gasteiger partial charge in [-0.2, -0.15) is 4.98 Å². The van der Waals surface area contributed by atoms with Crippen molar-refractivity contribution in [3.8, 4) is 0 Å². The average Bonchev–Trinajstić information content (AvgIpc) is 3.13. The molecule has 0 bridgehead atoms. The van der Waals surface area contributed by atoms with Crippen LogP contribution in [0.25, 0.3) is 10.9 Å². The SMILES string of the molecule is Cc1[nH]cnc1CNCC1CCC(Nc2nc(N(C)C)c3ccccc3n2)CC1. The number of fused-ring (bicyclic) bond motifs is 1. The van der Waals surface area contributed by atoms with Gasteiger partial charge in [0.1, 0.15) is 5.82 Å². The third-order valence-electron chi connectivity index (χ3n) is 5.85. The Hall–Kier alpha value is -2.67. The highest BCUT2D eigenvalue weighted by Gasteiger charge is 2.22. The number of benzene rings is 1. The molecular weight excluding hydrogens is 362 g/mol. The van der Waals surface area contributed by atoms with E-state index in [9.17, 15) is 0 Å². The van der Waals surface area contributed by atoms with Crippen LogP contribution in [0.3, 0.4) is 0 Å². The number of nitrogens with zero attached hydrogens (tertiary/aromatic N) is 4. The molecule has 0 saturated heterocycles. The Labute approximate surface area is 172 Å². The summed E-state index contributed by atoms with van der Waals surface area (Å²) in [6, 6.07) is 8.64. The van der Waals surface area contributed by atoms with E-state index in [1.165, 1.54) is 12.8 Å². The van der Waals surface area contributed by atoms with E-state index in [0.717, 1.165) is 65.9 Å². The van der Waals surface area contributed by atoms with Crippen molar-refractivity contribution in [3.63, 3.8) is 0 Å². The number of aryl methyl sites for hydroxylation is 1. The lowest BCUT2D eigenvalue weighted by atomic mass is 9.86. The molecule has 1 aliphatic carbocycles. The van der Waals surface area contributed by atoms with E-state index in [1.807, 2.05) is 26.2 Å². The zero-order chi connectivity index (χ0) is 20.2. The summed E-state index contributed by atoms with van der Waals surface area (Å²) in [6.45, 7) is 3.96. The topological polar surface area (TPSA) is 81.8 Å². The fourth-order valence-corrected chi connectivity index (χ4v) is 4.12. The second-order valence-electron chi connectivity index (χ2n) is 8.25. The van der Waals surface area contributed by atoms with Gasteiger partial charge in [0.2, 0.25) is 5.95 Å². The van der Waals surface area contributed by atoms with Crippen molar-refractivity contribution >= 4 is 22.7 Å². The number of aromatic amines is 1. The fourth-order valence-electron chi connectivity index (χ4n) is 4.12. The molecular formula is C22H31N7. The van der Waals surface area contributed by atoms with Crippen LogP contribution in [0.1, 0.15) is 37.1 Å². The van der Waals surface area contributed by atoms with Crippen LogP contribution in [0, 0.1) is 12.8 Å². The van der Waals surface area contributed by atoms with Gasteiger partial charge in [0, 0.05) is 37.8 Å². The Morgan fingerprint density at radius 1 is 1.10 bits per heavy atom. The van der Waals surface area contributed by atoms with Gasteiger partial charge in [-0.05, 0) is 57.2 Å². The highest BCUT2D eigenvalue weighted by atomic mass is 15.2. The van der Waals surface area contributed by atoms with Gasteiger partial charge in [0.25, 0.3) is 0 Å². The largest absolute Gasteiger partial charge is 0.362 e. The molecule has 0 atom stereocenters. The standard InChI is InChI=1S/C22H31N7/c1-15-20(25-14-24-15)13-23-12-16-8-10-17(11-9-16)26-22-27-19-7-5-4-6-18(19)21(28-22)29(2)3/h4-7,14,16-17,23H,8-13H2,1-3H3,(H,24,25)(H,26,27,28). The van der Waals surface area contributed by atoms with E-state index in [2.05, 4.69) is 44.6 Å². The molecule has 7 nitrogen and oxygen atoms in total. The second kappa shape index (κ2) is 8.78. The fraction of sp³-hybridized carbons (Fsp3) is 0.500. The van der Waals surface area contributed by atoms with Crippen molar-refractivity contribution in [2.24, 2.45) is 5.92 Å². The average molecular weight is 394 g/mol. The van der Waals surface area contributed by atoms with Crippen molar-refractivity contribution in [2.45, 2.75) is 45.2 Å². The third kappa shape index (κ3) is 4.67. The number of rotatable bonds is 7. The summed E-state index contributed by atoms with van der Waals surface area (Å²) in [4.78, 5) is 19.1. The Balaban J connectivity index is 1.31. The smallest absolute Gasteiger partial charge is 0.225 e. The second-order valence-corrected chi connectivity index (χ2v) is 8.25. The molecule has 3 N–H and O–H groups in total. The molecule has 0 spiro atoms. The highest BCUT2D eigenvalue weighted by molar-refractivity contribution is 5.90. The Bertz CT molecular complexity index is 941. The molecule has 1 saturated carbocycles. The number of nitrogens with one attached hydrogen (secondary N) is 3. The van der Waals surface area contributed by atoms with E-state index >= 15 is 0 Å². The van der Waals surface area contributed by atoms with Crippen molar-refractivity contribution in [2.75, 3.05) is 30.9 Å². The highest BCUT2D eigenvalue weighted by Crippen LogP contribution is 2.28. The van der Waals surface area contributed by atoms with E-state index < -0.39 is 0 Å². The van der Waals surface area contributed by atoms with Gasteiger partial charge < -0.3 is 20.5 Å². The van der Waals surface area contributed by atoms with Crippen LogP contribution in [0.2, 0.25) is 0 Å². The number of aromatic nitrogens is 4. The Morgan fingerprint density at radius 3 is 2.62 bits per heavy atom. The number of anilines is 2. The maximum Gasteiger partial charge on any atom is 0.225 e. The number of hydrogen-bond acceptors (Lipinski definition) is 6. The van der Waals surface area contributed by atoms with Gasteiger partial charge in [-0.1, -0.05) is 12.1 Å². The first-order valence-corrected chi connectivity index (χ1v) is 10.5. The van der Waals surface area contributed by atoms with Crippen LogP contribution in [0.4, 0.5) is 11.8 Å². The lowest BCUT2D eigenvalue weighted by Gasteiger charge is -2.29. The van der Waals surface area contributed by atoms with Gasteiger partial charge in [0.15, 0.2) is 0 Å². The zero-order valence-corrected chi connectivity index (χ0v) is 17.6. The van der Waals surface area contributed by atoms with E-state index in [-0.39, 0.29) is 0 Å². The number of imidazole rings is 1. The summed E-state index contributed by atoms with van der Waals surface area (Å²) in [7, 11) is 4.06. The van der Waals surface area contributed by atoms with E-state index in [4.69, 9.17) is 9.97 Å². The predicted molar refractivity (Wildman–Crippen MR) is 118 cm³/mol. The van der Waals surface area contributed by atoms with E-state index in [1.54, 1.807) is 6.33 Å². The van der Waals surface area contributed by atoms with Crippen LogP contribution in [-0.4, -0.2) is 46.6 Å². The third-order valence-corrected chi connectivity index (χ3v) is 5.85. The van der Waals surface area contributed by atoms with Crippen LogP contribution < -0.4 is 15.5 Å². The molecule has 7 heteroatoms. The maximum absolute atomic E-state index is 4.78. The Kier molecular flexibility index (Phi) is 5.94. The van der Waals surface area contributed by atoms with Gasteiger partial charge in [-0.3, -0.25) is 0 Å². The first-order chi connectivity index (χ1) is 14.1. The molecule has 4 rings (SSSR count). The van der Waals surface area contributed by atoms with E-state index in [0.29, 0.717) is 6.04 Å². The minimum absolute atomic E-state index is 0.441. The predicted octanol–water partition coefficient (Wildman–Crippen LogP) is 3.49. The monoisotopic (exact) mass is 393 g/mol. The first-order valence-electron chi connectivity index (χ1n) is 10.5. The van der Waals surface area contributed by atoms with Gasteiger partial charge in [-0.25, -0.2) is 9.97 Å². The number of para-hydroxylation sites is 1. The molecule has 3 aromatic rings. The maximum atomic E-state index is 4.78. The number of hydrogen-bond donors (Lipinski definition) is 3. The van der Waals surface area contributed by atoms with Crippen molar-refractivity contribution in [1.29, 1.82) is 0 Å². The summed E-state index contributed by atoms with van der Waals surface area (Å²) < 4.78 is 0. The number of H-pyrrole nitrogens is 1. The van der Waals surface area contributed by atoms with Crippen LogP contribution in [0.5, 0.6) is 0 Å². The van der Waals surface area contributed by atoms with Crippen LogP contribution in [-0.2, 0) is 6.54 Å². The van der Waals surface area contributed by atoms with Crippen LogP contribution in [0.15, 0.2) is 30.6 Å².